The number of benzene rings is 2. The van der Waals surface area contributed by atoms with Gasteiger partial charge >= 0.3 is 6.09 Å². The molecule has 0 unspecified atom stereocenters. The lowest BCUT2D eigenvalue weighted by atomic mass is 9.89. The van der Waals surface area contributed by atoms with Crippen LogP contribution < -0.4 is 0 Å². The van der Waals surface area contributed by atoms with E-state index in [1.807, 2.05) is 57.2 Å². The van der Waals surface area contributed by atoms with E-state index >= 15 is 0 Å². The number of rotatable bonds is 4. The van der Waals surface area contributed by atoms with E-state index in [1.165, 1.54) is 22.3 Å². The fraction of sp³-hybridized carbons (Fsp3) is 0.385. The highest BCUT2D eigenvalue weighted by molar-refractivity contribution is 5.86. The van der Waals surface area contributed by atoms with Crippen LogP contribution in [0.3, 0.4) is 0 Å². The van der Waals surface area contributed by atoms with Gasteiger partial charge in [-0.05, 0) is 51.2 Å². The van der Waals surface area contributed by atoms with Crippen molar-refractivity contribution >= 4 is 11.9 Å². The van der Waals surface area contributed by atoms with Crippen LogP contribution in [0.4, 0.5) is 4.79 Å². The van der Waals surface area contributed by atoms with E-state index in [4.69, 9.17) is 4.74 Å². The van der Waals surface area contributed by atoms with E-state index in [1.54, 1.807) is 4.90 Å². The third-order valence-electron chi connectivity index (χ3n) is 5.13. The summed E-state index contributed by atoms with van der Waals surface area (Å²) in [5.74, 6) is 0.0528. The highest BCUT2D eigenvalue weighted by Crippen LogP contribution is 2.25. The maximum atomic E-state index is 12.8. The van der Waals surface area contributed by atoms with Gasteiger partial charge in [0.1, 0.15) is 5.60 Å². The first-order chi connectivity index (χ1) is 14.3. The number of ether oxygens (including phenoxy) is 1. The summed E-state index contributed by atoms with van der Waals surface area (Å²) in [5.41, 5.74) is 4.26. The lowest BCUT2D eigenvalue weighted by Gasteiger charge is -2.29. The predicted octanol–water partition coefficient (Wildman–Crippen LogP) is 5.37. The predicted molar refractivity (Wildman–Crippen MR) is 119 cm³/mol. The molecule has 0 atom stereocenters. The average molecular weight is 406 g/mol. The zero-order chi connectivity index (χ0) is 21.6. The Bertz CT molecular complexity index is 895. The molecule has 0 bridgehead atoms. The molecule has 1 heterocycles. The molecule has 0 saturated carbocycles. The summed E-state index contributed by atoms with van der Waals surface area (Å²) in [5, 5.41) is 0. The smallest absolute Gasteiger partial charge is 0.410 e. The summed E-state index contributed by atoms with van der Waals surface area (Å²) in [6, 6.07) is 20.6. The van der Waals surface area contributed by atoms with E-state index in [0.29, 0.717) is 13.0 Å². The van der Waals surface area contributed by atoms with Crippen LogP contribution in [-0.4, -0.2) is 35.5 Å². The van der Waals surface area contributed by atoms with Crippen molar-refractivity contribution in [2.75, 3.05) is 13.1 Å². The van der Waals surface area contributed by atoms with Gasteiger partial charge in [0.05, 0.1) is 6.54 Å². The minimum atomic E-state index is -0.580. The van der Waals surface area contributed by atoms with Gasteiger partial charge in [0.25, 0.3) is 0 Å². The summed E-state index contributed by atoms with van der Waals surface area (Å²) in [4.78, 5) is 27.0. The van der Waals surface area contributed by atoms with Crippen LogP contribution in [0.1, 0.15) is 44.7 Å². The van der Waals surface area contributed by atoms with Crippen molar-refractivity contribution in [1.82, 2.24) is 4.90 Å². The lowest BCUT2D eigenvalue weighted by molar-refractivity contribution is -0.119. The van der Waals surface area contributed by atoms with Crippen molar-refractivity contribution in [1.29, 1.82) is 0 Å². The third kappa shape index (κ3) is 6.58. The van der Waals surface area contributed by atoms with Crippen LogP contribution in [0, 0.1) is 0 Å². The minimum absolute atomic E-state index is 0.0528. The molecule has 1 aliphatic heterocycles. The molecule has 1 aliphatic rings. The second-order valence-corrected chi connectivity index (χ2v) is 8.90. The largest absolute Gasteiger partial charge is 0.444 e. The van der Waals surface area contributed by atoms with Gasteiger partial charge in [-0.3, -0.25) is 4.79 Å². The highest BCUT2D eigenvalue weighted by atomic mass is 16.6. The first kappa shape index (κ1) is 21.8. The molecule has 0 N–H and O–H groups in total. The monoisotopic (exact) mass is 405 g/mol. The Kier molecular flexibility index (Phi) is 7.09. The van der Waals surface area contributed by atoms with Gasteiger partial charge in [-0.15, -0.1) is 0 Å². The van der Waals surface area contributed by atoms with E-state index in [2.05, 4.69) is 24.3 Å². The summed E-state index contributed by atoms with van der Waals surface area (Å²) in [6.07, 6.45) is 2.25. The summed E-state index contributed by atoms with van der Waals surface area (Å²) in [7, 11) is 0. The van der Waals surface area contributed by atoms with Crippen molar-refractivity contribution in [2.45, 2.75) is 52.1 Å². The minimum Gasteiger partial charge on any atom is -0.444 e. The number of carbonyl (C=O) groups is 2. The Morgan fingerprint density at radius 3 is 1.97 bits per heavy atom. The van der Waals surface area contributed by atoms with E-state index in [0.717, 1.165) is 19.3 Å². The van der Waals surface area contributed by atoms with Gasteiger partial charge < -0.3 is 9.64 Å². The van der Waals surface area contributed by atoms with Crippen molar-refractivity contribution in [3.63, 3.8) is 0 Å². The standard InChI is InChI=1S/C26H31NO3/c1-26(2,3)30-25(29)27-15-14-22(16-20-10-6-4-7-11-20)23(18-24(28)19-27)17-21-12-8-5-9-13-21/h4-13H,14-19H2,1-3H3/b23-22+. The SMILES string of the molecule is CC(C)(C)OC(=O)N1CC/C(Cc2ccccc2)=C(/Cc2ccccc2)CC(=O)C1. The molecule has 0 aromatic heterocycles. The summed E-state index contributed by atoms with van der Waals surface area (Å²) >= 11 is 0. The maximum absolute atomic E-state index is 12.8. The maximum Gasteiger partial charge on any atom is 0.410 e. The van der Waals surface area contributed by atoms with Gasteiger partial charge in [0.2, 0.25) is 0 Å². The van der Waals surface area contributed by atoms with E-state index in [-0.39, 0.29) is 12.3 Å². The second-order valence-electron chi connectivity index (χ2n) is 8.90. The van der Waals surface area contributed by atoms with Gasteiger partial charge in [-0.1, -0.05) is 71.8 Å². The number of nitrogens with zero attached hydrogens (tertiary/aromatic N) is 1. The van der Waals surface area contributed by atoms with E-state index < -0.39 is 11.7 Å². The average Bonchev–Trinajstić information content (AvgIpc) is 2.68. The van der Waals surface area contributed by atoms with Gasteiger partial charge in [-0.2, -0.15) is 0 Å². The molecule has 2 aromatic carbocycles. The molecule has 30 heavy (non-hydrogen) atoms. The van der Waals surface area contributed by atoms with E-state index in [9.17, 15) is 9.59 Å². The fourth-order valence-electron chi connectivity index (χ4n) is 3.73. The summed E-state index contributed by atoms with van der Waals surface area (Å²) < 4.78 is 5.52. The normalized spacial score (nSPS) is 18.0. The topological polar surface area (TPSA) is 46.6 Å². The van der Waals surface area contributed by atoms with Crippen LogP contribution in [0.5, 0.6) is 0 Å². The number of Topliss-reactive ketones (excluding diaryl/α,β-unsaturated/α-hetero) is 1. The molecule has 0 fully saturated rings. The zero-order valence-corrected chi connectivity index (χ0v) is 18.2. The number of carbonyl (C=O) groups excluding carboxylic acids is 2. The molecule has 1 amide bonds. The molecule has 158 valence electrons. The highest BCUT2D eigenvalue weighted by Gasteiger charge is 2.27. The molecule has 0 aliphatic carbocycles. The van der Waals surface area contributed by atoms with Crippen molar-refractivity contribution < 1.29 is 14.3 Å². The zero-order valence-electron chi connectivity index (χ0n) is 18.2. The van der Waals surface area contributed by atoms with Crippen molar-refractivity contribution in [2.24, 2.45) is 0 Å². The van der Waals surface area contributed by atoms with Crippen molar-refractivity contribution in [3.8, 4) is 0 Å². The Morgan fingerprint density at radius 1 is 0.900 bits per heavy atom. The second kappa shape index (κ2) is 9.75. The molecule has 0 spiro atoms. The number of allylic oxidation sites excluding steroid dienone is 1. The van der Waals surface area contributed by atoms with Crippen LogP contribution >= 0.6 is 0 Å². The molecule has 0 radical (unpaired) electrons. The number of amides is 1. The molecule has 4 heteroatoms. The van der Waals surface area contributed by atoms with Crippen LogP contribution in [0.2, 0.25) is 0 Å². The van der Waals surface area contributed by atoms with Gasteiger partial charge in [0.15, 0.2) is 5.78 Å². The molecule has 2 aromatic rings. The molecule has 0 saturated heterocycles. The van der Waals surface area contributed by atoms with Crippen LogP contribution in [0.15, 0.2) is 71.8 Å². The molecular formula is C26H31NO3. The fourth-order valence-corrected chi connectivity index (χ4v) is 3.73. The first-order valence-corrected chi connectivity index (χ1v) is 10.6. The number of ketones is 1. The van der Waals surface area contributed by atoms with Crippen LogP contribution in [0.25, 0.3) is 0 Å². The number of hydrogen-bond acceptors (Lipinski definition) is 3. The molecule has 3 rings (SSSR count). The number of hydrogen-bond donors (Lipinski definition) is 0. The molecular weight excluding hydrogens is 374 g/mol. The van der Waals surface area contributed by atoms with Gasteiger partial charge in [0, 0.05) is 13.0 Å². The van der Waals surface area contributed by atoms with Gasteiger partial charge in [-0.25, -0.2) is 4.79 Å². The van der Waals surface area contributed by atoms with Crippen LogP contribution in [-0.2, 0) is 22.4 Å². The quantitative estimate of drug-likeness (QED) is 0.643. The summed E-state index contributed by atoms with van der Waals surface area (Å²) in [6.45, 7) is 6.12. The molecule has 4 nitrogen and oxygen atoms in total. The third-order valence-corrected chi connectivity index (χ3v) is 5.13. The first-order valence-electron chi connectivity index (χ1n) is 10.6. The van der Waals surface area contributed by atoms with Crippen molar-refractivity contribution in [3.05, 3.63) is 82.9 Å². The lowest BCUT2D eigenvalue weighted by Crippen LogP contribution is -2.41. The Labute approximate surface area is 179 Å². The Balaban J connectivity index is 1.87. The Hall–Kier alpha value is -2.88. The Morgan fingerprint density at radius 2 is 1.43 bits per heavy atom.